The number of thiazole rings is 1. The lowest BCUT2D eigenvalue weighted by molar-refractivity contribution is -0.137. The number of nitrogens with zero attached hydrogens (tertiary/aromatic N) is 2. The van der Waals surface area contributed by atoms with Gasteiger partial charge in [-0.3, -0.25) is 29.3 Å². The fourth-order valence-corrected chi connectivity index (χ4v) is 6.29. The number of pyridine rings is 1. The van der Waals surface area contributed by atoms with Crippen molar-refractivity contribution in [3.63, 3.8) is 0 Å². The number of ether oxygens (including phenoxy) is 2. The van der Waals surface area contributed by atoms with E-state index in [2.05, 4.69) is 25.9 Å². The maximum absolute atomic E-state index is 13.3. The minimum atomic E-state index is -1.23. The van der Waals surface area contributed by atoms with Gasteiger partial charge in [-0.1, -0.05) is 30.4 Å². The molecule has 1 fully saturated rings. The highest BCUT2D eigenvalue weighted by molar-refractivity contribution is 7.19. The second-order valence-electron chi connectivity index (χ2n) is 10.7. The topological polar surface area (TPSA) is 166 Å². The van der Waals surface area contributed by atoms with Crippen molar-refractivity contribution < 1.29 is 33.4 Å². The predicted octanol–water partition coefficient (Wildman–Crippen LogP) is 4.04. The first-order valence-electron chi connectivity index (χ1n) is 14.8. The van der Waals surface area contributed by atoms with E-state index in [1.54, 1.807) is 18.3 Å². The van der Waals surface area contributed by atoms with Crippen molar-refractivity contribution in [2.24, 2.45) is 11.8 Å². The molecular weight excluding hydrogens is 622 g/mol. The van der Waals surface area contributed by atoms with E-state index >= 15 is 0 Å². The second-order valence-corrected chi connectivity index (χ2v) is 11.8. The molecule has 47 heavy (non-hydrogen) atoms. The van der Waals surface area contributed by atoms with Crippen LogP contribution in [0, 0.1) is 11.8 Å². The number of anilines is 1. The number of carbonyl (C=O) groups is 5. The highest BCUT2D eigenvalue weighted by atomic mass is 32.1. The van der Waals surface area contributed by atoms with Gasteiger partial charge < -0.3 is 20.1 Å². The number of nitrogens with one attached hydrogen (secondary N) is 3. The molecule has 3 N–H and O–H groups in total. The molecular formula is C34H29N5O7S. The van der Waals surface area contributed by atoms with Gasteiger partial charge in [0.05, 0.1) is 27.6 Å². The Kier molecular flexibility index (Phi) is 9.16. The van der Waals surface area contributed by atoms with Crippen LogP contribution in [-0.4, -0.2) is 59.6 Å². The van der Waals surface area contributed by atoms with Crippen LogP contribution in [0.3, 0.4) is 0 Å². The van der Waals surface area contributed by atoms with Gasteiger partial charge in [0, 0.05) is 25.2 Å². The van der Waals surface area contributed by atoms with E-state index in [-0.39, 0.29) is 36.4 Å². The summed E-state index contributed by atoms with van der Waals surface area (Å²) in [6.45, 7) is -0.559. The molecule has 12 nitrogen and oxygen atoms in total. The molecule has 1 aliphatic heterocycles. The maximum Gasteiger partial charge on any atom is 0.260 e. The molecule has 13 heteroatoms. The number of ketones is 2. The van der Waals surface area contributed by atoms with Crippen molar-refractivity contribution >= 4 is 68.8 Å². The number of allylic oxidation sites excluding steroid dienone is 2. The first-order valence-corrected chi connectivity index (χ1v) is 15.6. The third-order valence-electron chi connectivity index (χ3n) is 7.71. The monoisotopic (exact) mass is 651 g/mol. The van der Waals surface area contributed by atoms with Crippen molar-refractivity contribution in [3.05, 3.63) is 88.6 Å². The molecule has 1 saturated heterocycles. The van der Waals surface area contributed by atoms with Crippen LogP contribution < -0.4 is 25.4 Å². The highest BCUT2D eigenvalue weighted by Crippen LogP contribution is 2.39. The Bertz CT molecular complexity index is 1950. The number of imide groups is 1. The van der Waals surface area contributed by atoms with Crippen LogP contribution in [0.25, 0.3) is 22.4 Å². The zero-order chi connectivity index (χ0) is 32.9. The summed E-state index contributed by atoms with van der Waals surface area (Å²) < 4.78 is 12.3. The average molecular weight is 652 g/mol. The molecule has 0 saturated carbocycles. The van der Waals surface area contributed by atoms with E-state index in [0.29, 0.717) is 5.75 Å². The van der Waals surface area contributed by atoms with Crippen LogP contribution in [-0.2, 0) is 14.4 Å². The van der Waals surface area contributed by atoms with Gasteiger partial charge in [0.15, 0.2) is 24.9 Å². The van der Waals surface area contributed by atoms with E-state index in [9.17, 15) is 24.0 Å². The van der Waals surface area contributed by atoms with Crippen LogP contribution in [0.2, 0.25) is 0 Å². The number of Topliss-reactive ketones (excluding diaryl/α,β-unsaturated/α-hetero) is 2. The number of fused-ring (bicyclic) bond motifs is 2. The summed E-state index contributed by atoms with van der Waals surface area (Å²) in [5, 5.41) is 8.61. The van der Waals surface area contributed by atoms with Gasteiger partial charge in [-0.2, -0.15) is 0 Å². The van der Waals surface area contributed by atoms with Gasteiger partial charge in [-0.25, -0.2) is 9.97 Å². The zero-order valence-electron chi connectivity index (χ0n) is 25.1. The molecule has 0 radical (unpaired) electrons. The number of rotatable bonds is 11. The Hall–Kier alpha value is -5.69. The van der Waals surface area contributed by atoms with Crippen molar-refractivity contribution in [1.82, 2.24) is 20.6 Å². The van der Waals surface area contributed by atoms with E-state index in [1.165, 1.54) is 23.5 Å². The molecule has 0 spiro atoms. The first kappa shape index (κ1) is 31.3. The Morgan fingerprint density at radius 2 is 1.89 bits per heavy atom. The Morgan fingerprint density at radius 3 is 2.68 bits per heavy atom. The first-order chi connectivity index (χ1) is 22.8. The molecule has 2 aromatic heterocycles. The van der Waals surface area contributed by atoms with Crippen molar-refractivity contribution in [1.29, 1.82) is 0 Å². The molecule has 238 valence electrons. The third-order valence-corrected chi connectivity index (χ3v) is 8.70. The van der Waals surface area contributed by atoms with Gasteiger partial charge in [0.2, 0.25) is 11.8 Å². The number of benzene rings is 2. The maximum atomic E-state index is 13.3. The highest BCUT2D eigenvalue weighted by Gasteiger charge is 2.48. The fourth-order valence-electron chi connectivity index (χ4n) is 5.38. The summed E-state index contributed by atoms with van der Waals surface area (Å²) in [6.07, 6.45) is 9.64. The quantitative estimate of drug-likeness (QED) is 0.0933. The van der Waals surface area contributed by atoms with E-state index in [0.717, 1.165) is 26.6 Å². The third kappa shape index (κ3) is 6.94. The minimum Gasteiger partial charge on any atom is -0.483 e. The summed E-state index contributed by atoms with van der Waals surface area (Å²) in [5.74, 6) is -3.37. The summed E-state index contributed by atoms with van der Waals surface area (Å²) in [4.78, 5) is 71.6. The van der Waals surface area contributed by atoms with Gasteiger partial charge in [0.1, 0.15) is 22.3 Å². The molecule has 3 amide bonds. The Labute approximate surface area is 272 Å². The van der Waals surface area contributed by atoms with Crippen LogP contribution >= 0.6 is 11.3 Å². The predicted molar refractivity (Wildman–Crippen MR) is 175 cm³/mol. The largest absolute Gasteiger partial charge is 0.483 e. The van der Waals surface area contributed by atoms with Crippen molar-refractivity contribution in [2.75, 3.05) is 25.7 Å². The van der Waals surface area contributed by atoms with Crippen LogP contribution in [0.4, 0.5) is 5.82 Å². The SMILES string of the molecule is CNc1ccc(/C=C/C=C/c2nc3ccc(OCNC(=O)COc4cccc5c4C(=O)C(C4CCC(=O)NC4=O)C5=O)cc3s2)cn1. The summed E-state index contributed by atoms with van der Waals surface area (Å²) in [7, 11) is 1.82. The molecule has 3 heterocycles. The fraction of sp³-hybridized carbons (Fsp3) is 0.206. The number of hydrogen-bond acceptors (Lipinski definition) is 11. The van der Waals surface area contributed by atoms with E-state index in [1.807, 2.05) is 55.6 Å². The number of piperidine rings is 1. The van der Waals surface area contributed by atoms with Crippen molar-refractivity contribution in [2.45, 2.75) is 12.8 Å². The summed E-state index contributed by atoms with van der Waals surface area (Å²) in [5.41, 5.74) is 1.97. The molecule has 6 rings (SSSR count). The second kappa shape index (κ2) is 13.7. The van der Waals surface area contributed by atoms with Crippen LogP contribution in [0.5, 0.6) is 11.5 Å². The van der Waals surface area contributed by atoms with Gasteiger partial charge >= 0.3 is 0 Å². The van der Waals surface area contributed by atoms with Crippen LogP contribution in [0.15, 0.2) is 66.9 Å². The number of amides is 3. The standard InChI is InChI=1S/C34H29N5O7S/c1-35-26-13-9-19(16-36-26)5-2-3-8-29-38-23-12-10-20(15-25(23)47-29)46-18-37-28(41)17-45-24-7-4-6-21-30(24)33(43)31(32(21)42)22-11-14-27(40)39-34(22)44/h2-10,12-13,15-16,22,31H,11,14,17-18H2,1H3,(H,35,36)(H,37,41)(H,39,40,44)/b5-2+,8-3+. The molecule has 4 aromatic rings. The Morgan fingerprint density at radius 1 is 1.04 bits per heavy atom. The number of hydrogen-bond donors (Lipinski definition) is 3. The molecule has 2 aliphatic rings. The van der Waals surface area contributed by atoms with Gasteiger partial charge in [-0.05, 0) is 54.5 Å². The van der Waals surface area contributed by atoms with E-state index in [4.69, 9.17) is 9.47 Å². The lowest BCUT2D eigenvalue weighted by atomic mass is 9.82. The summed E-state index contributed by atoms with van der Waals surface area (Å²) in [6, 6.07) is 13.8. The smallest absolute Gasteiger partial charge is 0.260 e. The zero-order valence-corrected chi connectivity index (χ0v) is 26.0. The number of aromatic nitrogens is 2. The van der Waals surface area contributed by atoms with Crippen molar-refractivity contribution in [3.8, 4) is 11.5 Å². The normalized spacial score (nSPS) is 17.7. The number of carbonyl (C=O) groups excluding carboxylic acids is 5. The minimum absolute atomic E-state index is 0.0381. The van der Waals surface area contributed by atoms with Gasteiger partial charge in [0.25, 0.3) is 5.91 Å². The van der Waals surface area contributed by atoms with Crippen LogP contribution in [0.1, 0.15) is 44.1 Å². The molecule has 2 unspecified atom stereocenters. The Balaban J connectivity index is 0.999. The van der Waals surface area contributed by atoms with Gasteiger partial charge in [-0.15, -0.1) is 11.3 Å². The molecule has 0 bridgehead atoms. The molecule has 1 aliphatic carbocycles. The molecule has 2 atom stereocenters. The summed E-state index contributed by atoms with van der Waals surface area (Å²) >= 11 is 1.50. The average Bonchev–Trinajstić information content (AvgIpc) is 3.59. The lowest BCUT2D eigenvalue weighted by Crippen LogP contribution is -2.46. The lowest BCUT2D eigenvalue weighted by Gasteiger charge is -2.24. The van der Waals surface area contributed by atoms with E-state index < -0.39 is 47.7 Å². The molecule has 2 aromatic carbocycles.